The van der Waals surface area contributed by atoms with Gasteiger partial charge in [-0.3, -0.25) is 14.4 Å². The molecule has 1 heterocycles. The number of ether oxygens (including phenoxy) is 1. The topological polar surface area (TPSA) is 114 Å². The fourth-order valence-corrected chi connectivity index (χ4v) is 3.81. The van der Waals surface area contributed by atoms with Crippen LogP contribution in [0.25, 0.3) is 0 Å². The van der Waals surface area contributed by atoms with Gasteiger partial charge in [0.15, 0.2) is 12.4 Å². The number of hydrogen-bond donors (Lipinski definition) is 3. The second kappa shape index (κ2) is 15.0. The SMILES string of the molecule is NC(=O)[C@H](Cc1ccccc1)NC(=O)CNC(=O)c1ccc(OCCCCCC[n+]2ccccc2)cc1. The number of aryl methyl sites for hydroxylation is 1. The molecular weight excluding hydrogens is 468 g/mol. The molecule has 0 radical (unpaired) electrons. The molecule has 0 aliphatic rings. The molecule has 0 bridgehead atoms. The van der Waals surface area contributed by atoms with E-state index >= 15 is 0 Å². The molecule has 0 saturated carbocycles. The Morgan fingerprint density at radius 3 is 2.22 bits per heavy atom. The molecule has 8 nitrogen and oxygen atoms in total. The first-order valence-electron chi connectivity index (χ1n) is 12.6. The average molecular weight is 504 g/mol. The van der Waals surface area contributed by atoms with Crippen molar-refractivity contribution >= 4 is 17.7 Å². The van der Waals surface area contributed by atoms with E-state index in [4.69, 9.17) is 10.5 Å². The van der Waals surface area contributed by atoms with Crippen LogP contribution in [0.4, 0.5) is 0 Å². The van der Waals surface area contributed by atoms with Crippen LogP contribution in [0.15, 0.2) is 85.2 Å². The molecule has 37 heavy (non-hydrogen) atoms. The number of primary amides is 1. The number of rotatable bonds is 15. The van der Waals surface area contributed by atoms with Crippen LogP contribution in [0.5, 0.6) is 5.75 Å². The summed E-state index contributed by atoms with van der Waals surface area (Å²) >= 11 is 0. The highest BCUT2D eigenvalue weighted by Gasteiger charge is 2.19. The van der Waals surface area contributed by atoms with E-state index < -0.39 is 23.8 Å². The molecule has 2 aromatic carbocycles. The quantitative estimate of drug-likeness (QED) is 0.218. The zero-order chi connectivity index (χ0) is 26.3. The number of benzene rings is 2. The zero-order valence-electron chi connectivity index (χ0n) is 21.0. The number of amides is 3. The Morgan fingerprint density at radius 2 is 1.51 bits per heavy atom. The Bertz CT molecular complexity index is 1120. The van der Waals surface area contributed by atoms with Gasteiger partial charge < -0.3 is 21.1 Å². The third kappa shape index (κ3) is 10.1. The predicted molar refractivity (Wildman–Crippen MR) is 141 cm³/mol. The van der Waals surface area contributed by atoms with Crippen LogP contribution < -0.4 is 25.7 Å². The largest absolute Gasteiger partial charge is 0.494 e. The molecule has 0 unspecified atom stereocenters. The third-order valence-corrected chi connectivity index (χ3v) is 5.84. The Hall–Kier alpha value is -4.20. The number of pyridine rings is 1. The van der Waals surface area contributed by atoms with E-state index in [1.54, 1.807) is 24.3 Å². The molecule has 8 heteroatoms. The van der Waals surface area contributed by atoms with Gasteiger partial charge in [-0.2, -0.15) is 0 Å². The van der Waals surface area contributed by atoms with Gasteiger partial charge in [0.25, 0.3) is 5.91 Å². The van der Waals surface area contributed by atoms with E-state index in [0.717, 1.165) is 37.8 Å². The molecular formula is C29H35N4O4+. The first-order valence-corrected chi connectivity index (χ1v) is 12.6. The van der Waals surface area contributed by atoms with E-state index in [-0.39, 0.29) is 13.0 Å². The molecule has 194 valence electrons. The van der Waals surface area contributed by atoms with E-state index in [9.17, 15) is 14.4 Å². The Labute approximate surface area is 217 Å². The molecule has 4 N–H and O–H groups in total. The van der Waals surface area contributed by atoms with Gasteiger partial charge >= 0.3 is 0 Å². The summed E-state index contributed by atoms with van der Waals surface area (Å²) in [6.07, 6.45) is 8.77. The van der Waals surface area contributed by atoms with Crippen molar-refractivity contribution in [1.29, 1.82) is 0 Å². The van der Waals surface area contributed by atoms with Crippen molar-refractivity contribution < 1.29 is 23.7 Å². The summed E-state index contributed by atoms with van der Waals surface area (Å²) in [6.45, 7) is 1.37. The number of unbranched alkanes of at least 4 members (excludes halogenated alkanes) is 3. The normalized spacial score (nSPS) is 11.4. The van der Waals surface area contributed by atoms with Crippen molar-refractivity contribution in [2.45, 2.75) is 44.7 Å². The first kappa shape index (κ1) is 27.4. The number of nitrogens with one attached hydrogen (secondary N) is 2. The summed E-state index contributed by atoms with van der Waals surface area (Å²) in [7, 11) is 0. The van der Waals surface area contributed by atoms with Crippen molar-refractivity contribution in [3.63, 3.8) is 0 Å². The van der Waals surface area contributed by atoms with Crippen molar-refractivity contribution in [3.8, 4) is 5.75 Å². The molecule has 0 aliphatic carbocycles. The van der Waals surface area contributed by atoms with Gasteiger partial charge in [0.2, 0.25) is 11.8 Å². The molecule has 1 aromatic heterocycles. The molecule has 1 atom stereocenters. The Kier molecular flexibility index (Phi) is 11.1. The van der Waals surface area contributed by atoms with Crippen LogP contribution in [0.3, 0.4) is 0 Å². The van der Waals surface area contributed by atoms with Gasteiger partial charge in [-0.15, -0.1) is 0 Å². The molecule has 0 spiro atoms. The summed E-state index contributed by atoms with van der Waals surface area (Å²) in [5.74, 6) is -0.822. The minimum atomic E-state index is -0.856. The zero-order valence-corrected chi connectivity index (χ0v) is 21.0. The van der Waals surface area contributed by atoms with E-state index in [1.165, 1.54) is 0 Å². The lowest BCUT2D eigenvalue weighted by Crippen LogP contribution is -2.49. The number of aromatic nitrogens is 1. The lowest BCUT2D eigenvalue weighted by atomic mass is 10.1. The molecule has 3 aromatic rings. The molecule has 0 aliphatic heterocycles. The van der Waals surface area contributed by atoms with Crippen LogP contribution in [0, 0.1) is 0 Å². The van der Waals surface area contributed by atoms with Gasteiger partial charge in [-0.1, -0.05) is 36.4 Å². The highest BCUT2D eigenvalue weighted by Crippen LogP contribution is 2.13. The number of nitrogens with two attached hydrogens (primary N) is 1. The predicted octanol–water partition coefficient (Wildman–Crippen LogP) is 2.56. The van der Waals surface area contributed by atoms with E-state index in [0.29, 0.717) is 17.9 Å². The van der Waals surface area contributed by atoms with Gasteiger partial charge in [0, 0.05) is 30.5 Å². The smallest absolute Gasteiger partial charge is 0.251 e. The maximum Gasteiger partial charge on any atom is 0.251 e. The van der Waals surface area contributed by atoms with Gasteiger partial charge in [-0.05, 0) is 49.1 Å². The van der Waals surface area contributed by atoms with Crippen LogP contribution in [0.1, 0.15) is 41.6 Å². The van der Waals surface area contributed by atoms with Crippen LogP contribution in [0.2, 0.25) is 0 Å². The molecule has 0 fully saturated rings. The summed E-state index contributed by atoms with van der Waals surface area (Å²) in [4.78, 5) is 36.4. The minimum Gasteiger partial charge on any atom is -0.494 e. The summed E-state index contributed by atoms with van der Waals surface area (Å²) in [6, 6.07) is 21.3. The van der Waals surface area contributed by atoms with E-state index in [1.807, 2.05) is 48.5 Å². The second-order valence-electron chi connectivity index (χ2n) is 8.80. The molecule has 0 saturated heterocycles. The van der Waals surface area contributed by atoms with Crippen molar-refractivity contribution in [3.05, 3.63) is 96.3 Å². The number of carbonyl (C=O) groups excluding carboxylic acids is 3. The van der Waals surface area contributed by atoms with Crippen LogP contribution in [-0.2, 0) is 22.6 Å². The average Bonchev–Trinajstić information content (AvgIpc) is 2.92. The maximum atomic E-state index is 12.4. The lowest BCUT2D eigenvalue weighted by molar-refractivity contribution is -0.697. The highest BCUT2D eigenvalue weighted by molar-refractivity contribution is 5.97. The summed E-state index contributed by atoms with van der Waals surface area (Å²) in [5, 5.41) is 5.15. The molecule has 3 rings (SSSR count). The van der Waals surface area contributed by atoms with Gasteiger partial charge in [-0.25, -0.2) is 4.57 Å². The highest BCUT2D eigenvalue weighted by atomic mass is 16.5. The Morgan fingerprint density at radius 1 is 0.838 bits per heavy atom. The number of nitrogens with zero attached hydrogens (tertiary/aromatic N) is 1. The molecule has 3 amide bonds. The van der Waals surface area contributed by atoms with Crippen molar-refractivity contribution in [2.24, 2.45) is 5.73 Å². The monoisotopic (exact) mass is 503 g/mol. The fourth-order valence-electron chi connectivity index (χ4n) is 3.81. The summed E-state index contributed by atoms with van der Waals surface area (Å²) in [5.41, 5.74) is 6.71. The van der Waals surface area contributed by atoms with Crippen molar-refractivity contribution in [1.82, 2.24) is 10.6 Å². The Balaban J connectivity index is 1.32. The number of carbonyl (C=O) groups is 3. The van der Waals surface area contributed by atoms with Gasteiger partial charge in [0.05, 0.1) is 13.2 Å². The van der Waals surface area contributed by atoms with Gasteiger partial charge in [0.1, 0.15) is 18.3 Å². The maximum absolute atomic E-state index is 12.4. The van der Waals surface area contributed by atoms with Crippen molar-refractivity contribution in [2.75, 3.05) is 13.2 Å². The van der Waals surface area contributed by atoms with Crippen LogP contribution >= 0.6 is 0 Å². The fraction of sp³-hybridized carbons (Fsp3) is 0.310. The number of hydrogen-bond acceptors (Lipinski definition) is 4. The van der Waals surface area contributed by atoms with Crippen LogP contribution in [-0.4, -0.2) is 36.9 Å². The first-order chi connectivity index (χ1) is 18.0. The second-order valence-corrected chi connectivity index (χ2v) is 8.80. The minimum absolute atomic E-state index is 0.265. The standard InChI is InChI=1S/C29H34N4O4/c30-28(35)26(21-23-11-5-3-6-12-23)32-27(34)22-31-29(36)24-13-15-25(16-14-24)37-20-10-2-1-7-17-33-18-8-4-9-19-33/h3-6,8-9,11-16,18-19,26H,1-2,7,10,17,20-22H2,(H3-,30,31,32,34,35,36)/p+1/t26-/m0/s1. The third-order valence-electron chi connectivity index (χ3n) is 5.84. The van der Waals surface area contributed by atoms with E-state index in [2.05, 4.69) is 27.6 Å². The lowest BCUT2D eigenvalue weighted by Gasteiger charge is -2.16. The summed E-state index contributed by atoms with van der Waals surface area (Å²) < 4.78 is 7.96.